The van der Waals surface area contributed by atoms with Gasteiger partial charge in [0.25, 0.3) is 0 Å². The lowest BCUT2D eigenvalue weighted by molar-refractivity contribution is -0.205. The monoisotopic (exact) mass is 601 g/mol. The van der Waals surface area contributed by atoms with Gasteiger partial charge in [0.05, 0.1) is 23.4 Å². The molecule has 2 amide bonds. The first kappa shape index (κ1) is 31.8. The van der Waals surface area contributed by atoms with Crippen LogP contribution in [0.1, 0.15) is 49.5 Å². The molecule has 0 saturated heterocycles. The fraction of sp³-hybridized carbons (Fsp3) is 0.552. The highest BCUT2D eigenvalue weighted by atomic mass is 16.6. The standard InChI is InChI=1S/C29H35N3O11/c1-11-12-8-7-9-13(33)16(12)21(35)17-15(11)23(42-14(34)10-31-27(40)43-28(2,3)4)19-20(32(5)6)22(36)18(26(30)39)25(38)29(19,41)24(17)37/h7-9,11,15,17-20,23,33,41H,10H2,1-6H3,(H2,30,39)(H,31,40). The van der Waals surface area contributed by atoms with E-state index in [2.05, 4.69) is 5.32 Å². The first-order valence-corrected chi connectivity index (χ1v) is 13.7. The Morgan fingerprint density at radius 3 is 2.28 bits per heavy atom. The number of rotatable bonds is 5. The number of phenols is 1. The highest BCUT2D eigenvalue weighted by Crippen LogP contribution is 2.55. The number of carbonyl (C=O) groups excluding carboxylic acids is 7. The largest absolute Gasteiger partial charge is 0.507 e. The van der Waals surface area contributed by atoms with E-state index in [4.69, 9.17) is 15.2 Å². The predicted octanol–water partition coefficient (Wildman–Crippen LogP) is -0.526. The number of esters is 1. The Bertz CT molecular complexity index is 1430. The molecule has 2 saturated carbocycles. The number of benzene rings is 1. The number of primary amides is 1. The van der Waals surface area contributed by atoms with Crippen LogP contribution < -0.4 is 11.1 Å². The average Bonchev–Trinajstić information content (AvgIpc) is 2.87. The molecule has 14 heteroatoms. The molecular weight excluding hydrogens is 566 g/mol. The second-order valence-corrected chi connectivity index (χ2v) is 12.4. The summed E-state index contributed by atoms with van der Waals surface area (Å²) in [6.45, 7) is 5.71. The van der Waals surface area contributed by atoms with Crippen LogP contribution in [-0.4, -0.2) is 100 Å². The second kappa shape index (κ2) is 10.8. The zero-order valence-corrected chi connectivity index (χ0v) is 24.6. The average molecular weight is 602 g/mol. The molecule has 3 aliphatic carbocycles. The van der Waals surface area contributed by atoms with Crippen LogP contribution in [0.4, 0.5) is 4.79 Å². The Balaban J connectivity index is 1.87. The van der Waals surface area contributed by atoms with Crippen molar-refractivity contribution in [1.29, 1.82) is 0 Å². The molecule has 0 bridgehead atoms. The number of hydrogen-bond donors (Lipinski definition) is 4. The molecule has 1 aromatic carbocycles. The summed E-state index contributed by atoms with van der Waals surface area (Å²) in [7, 11) is 2.80. The maximum absolute atomic E-state index is 14.2. The van der Waals surface area contributed by atoms with Crippen LogP contribution in [0.5, 0.6) is 5.75 Å². The molecule has 0 aliphatic heterocycles. The maximum Gasteiger partial charge on any atom is 0.408 e. The Hall–Kier alpha value is -4.17. The Labute approximate surface area is 246 Å². The van der Waals surface area contributed by atoms with Gasteiger partial charge in [0.1, 0.15) is 24.0 Å². The predicted molar refractivity (Wildman–Crippen MR) is 146 cm³/mol. The maximum atomic E-state index is 14.2. The summed E-state index contributed by atoms with van der Waals surface area (Å²) in [6.07, 6.45) is -2.58. The van der Waals surface area contributed by atoms with E-state index in [0.717, 1.165) is 0 Å². The summed E-state index contributed by atoms with van der Waals surface area (Å²) in [5, 5.41) is 24.8. The SMILES string of the molecule is CC1c2cccc(O)c2C(=O)C2C(=O)C3(O)C(=O)C(C(N)=O)C(=O)C(N(C)C)C3C(OC(=O)CNC(=O)OC(C)(C)C)C21. The number of ether oxygens (including phenoxy) is 2. The highest BCUT2D eigenvalue weighted by Gasteiger charge is 2.74. The molecule has 5 N–H and O–H groups in total. The van der Waals surface area contributed by atoms with Gasteiger partial charge in [-0.05, 0) is 52.4 Å². The van der Waals surface area contributed by atoms with E-state index in [1.165, 1.54) is 31.1 Å². The lowest BCUT2D eigenvalue weighted by atomic mass is 9.49. The molecule has 232 valence electrons. The van der Waals surface area contributed by atoms with Crippen molar-refractivity contribution in [3.05, 3.63) is 29.3 Å². The van der Waals surface area contributed by atoms with Gasteiger partial charge in [-0.3, -0.25) is 33.7 Å². The van der Waals surface area contributed by atoms with Gasteiger partial charge >= 0.3 is 12.1 Å². The number of nitrogens with two attached hydrogens (primary N) is 1. The molecule has 8 atom stereocenters. The first-order chi connectivity index (χ1) is 19.8. The van der Waals surface area contributed by atoms with Crippen LogP contribution in [0, 0.1) is 23.7 Å². The zero-order valence-electron chi connectivity index (χ0n) is 24.6. The molecule has 8 unspecified atom stereocenters. The normalized spacial score (nSPS) is 32.0. The number of Topliss-reactive ketones (excluding diaryl/α,β-unsaturated/α-hetero) is 4. The van der Waals surface area contributed by atoms with Gasteiger partial charge in [0.15, 0.2) is 34.7 Å². The number of hydrogen-bond acceptors (Lipinski definition) is 12. The van der Waals surface area contributed by atoms with Crippen LogP contribution in [0.25, 0.3) is 0 Å². The van der Waals surface area contributed by atoms with Crippen molar-refractivity contribution in [2.45, 2.75) is 57.0 Å². The molecule has 0 radical (unpaired) electrons. The van der Waals surface area contributed by atoms with Gasteiger partial charge in [-0.1, -0.05) is 19.1 Å². The summed E-state index contributed by atoms with van der Waals surface area (Å²) >= 11 is 0. The molecule has 2 fully saturated rings. The third-order valence-electron chi connectivity index (χ3n) is 8.37. The van der Waals surface area contributed by atoms with Crippen molar-refractivity contribution < 1.29 is 53.2 Å². The number of aliphatic hydroxyl groups is 1. The van der Waals surface area contributed by atoms with Crippen LogP contribution in [0.2, 0.25) is 0 Å². The Kier molecular flexibility index (Phi) is 8.00. The van der Waals surface area contributed by atoms with E-state index >= 15 is 0 Å². The van der Waals surface area contributed by atoms with E-state index in [-0.39, 0.29) is 5.56 Å². The minimum atomic E-state index is -3.15. The molecule has 0 spiro atoms. The quantitative estimate of drug-likeness (QED) is 0.247. The molecule has 14 nitrogen and oxygen atoms in total. The van der Waals surface area contributed by atoms with Gasteiger partial charge < -0.3 is 30.7 Å². The first-order valence-electron chi connectivity index (χ1n) is 13.7. The number of alkyl carbamates (subject to hydrolysis) is 1. The van der Waals surface area contributed by atoms with Crippen molar-refractivity contribution in [1.82, 2.24) is 10.2 Å². The van der Waals surface area contributed by atoms with E-state index in [9.17, 15) is 43.8 Å². The van der Waals surface area contributed by atoms with Gasteiger partial charge in [0, 0.05) is 5.92 Å². The molecule has 43 heavy (non-hydrogen) atoms. The lowest BCUT2D eigenvalue weighted by Crippen LogP contribution is -2.78. The molecule has 4 rings (SSSR count). The van der Waals surface area contributed by atoms with Gasteiger partial charge in [0.2, 0.25) is 5.91 Å². The fourth-order valence-corrected chi connectivity index (χ4v) is 6.72. The fourth-order valence-electron chi connectivity index (χ4n) is 6.72. The van der Waals surface area contributed by atoms with Gasteiger partial charge in [-0.15, -0.1) is 0 Å². The number of likely N-dealkylation sites (N-methyl/N-ethyl adjacent to an activating group) is 1. The van der Waals surface area contributed by atoms with Gasteiger partial charge in [-0.25, -0.2) is 4.79 Å². The second-order valence-electron chi connectivity index (χ2n) is 12.4. The van der Waals surface area contributed by atoms with Crippen LogP contribution in [-0.2, 0) is 33.4 Å². The molecule has 0 heterocycles. The van der Waals surface area contributed by atoms with Crippen LogP contribution in [0.3, 0.4) is 0 Å². The minimum Gasteiger partial charge on any atom is -0.507 e. The third kappa shape index (κ3) is 5.07. The number of phenolic OH excluding ortho intramolecular Hbond substituents is 1. The van der Waals surface area contributed by atoms with Gasteiger partial charge in [-0.2, -0.15) is 0 Å². The number of fused-ring (bicyclic) bond motifs is 3. The van der Waals surface area contributed by atoms with Crippen molar-refractivity contribution >= 4 is 41.1 Å². The van der Waals surface area contributed by atoms with E-state index in [1.807, 2.05) is 0 Å². The number of carbonyl (C=O) groups is 7. The number of nitrogens with zero attached hydrogens (tertiary/aromatic N) is 1. The number of nitrogens with one attached hydrogen (secondary N) is 1. The summed E-state index contributed by atoms with van der Waals surface area (Å²) in [5.41, 5.74) is 1.47. The molecular formula is C29H35N3O11. The van der Waals surface area contributed by atoms with Crippen molar-refractivity contribution in [3.63, 3.8) is 0 Å². The topological polar surface area (TPSA) is 220 Å². The Morgan fingerprint density at radius 2 is 1.72 bits per heavy atom. The van der Waals surface area contributed by atoms with E-state index < -0.39 is 106 Å². The summed E-state index contributed by atoms with van der Waals surface area (Å²) < 4.78 is 10.9. The smallest absolute Gasteiger partial charge is 0.408 e. The summed E-state index contributed by atoms with van der Waals surface area (Å²) in [5.74, 6) is -15.4. The van der Waals surface area contributed by atoms with Crippen LogP contribution in [0.15, 0.2) is 18.2 Å². The molecule has 3 aliphatic rings. The van der Waals surface area contributed by atoms with E-state index in [1.54, 1.807) is 33.8 Å². The molecule has 0 aromatic heterocycles. The lowest BCUT2D eigenvalue weighted by Gasteiger charge is -2.56. The number of aromatic hydroxyl groups is 1. The minimum absolute atomic E-state index is 0.196. The summed E-state index contributed by atoms with van der Waals surface area (Å²) in [6, 6.07) is 2.74. The van der Waals surface area contributed by atoms with Crippen molar-refractivity contribution in [2.75, 3.05) is 20.6 Å². The number of ketones is 4. The van der Waals surface area contributed by atoms with Crippen molar-refractivity contribution in [2.24, 2.45) is 29.4 Å². The summed E-state index contributed by atoms with van der Waals surface area (Å²) in [4.78, 5) is 94.1. The highest BCUT2D eigenvalue weighted by molar-refractivity contribution is 6.32. The Morgan fingerprint density at radius 1 is 1.09 bits per heavy atom. The number of amides is 2. The van der Waals surface area contributed by atoms with E-state index in [0.29, 0.717) is 5.56 Å². The molecule has 1 aromatic rings. The zero-order chi connectivity index (χ0) is 32.3. The third-order valence-corrected chi connectivity index (χ3v) is 8.37. The van der Waals surface area contributed by atoms with Crippen LogP contribution >= 0.6 is 0 Å². The van der Waals surface area contributed by atoms with Crippen molar-refractivity contribution in [3.8, 4) is 5.75 Å².